The SMILES string of the molecule is N#Cc1c(-c2ccccc2)c(-n2c3ccccc3c3cc(-c4ccc5c6ccccc6n(-c6ccccc6)c5c4)ccc32)nc2ccccc12. The third-order valence-electron chi connectivity index (χ3n) is 9.95. The van der Waals surface area contributed by atoms with Crippen LogP contribution in [-0.2, 0) is 0 Å². The van der Waals surface area contributed by atoms with Crippen LogP contribution >= 0.6 is 0 Å². The quantitative estimate of drug-likeness (QED) is 0.193. The summed E-state index contributed by atoms with van der Waals surface area (Å²) >= 11 is 0. The Morgan fingerprint density at radius 2 is 0.980 bits per heavy atom. The number of para-hydroxylation sites is 4. The molecular weight excluding hydrogens is 609 g/mol. The van der Waals surface area contributed by atoms with Gasteiger partial charge in [0, 0.05) is 38.2 Å². The number of fused-ring (bicyclic) bond motifs is 7. The molecule has 4 nitrogen and oxygen atoms in total. The van der Waals surface area contributed by atoms with E-state index in [2.05, 4.69) is 143 Å². The molecule has 0 unspecified atom stereocenters. The van der Waals surface area contributed by atoms with Crippen molar-refractivity contribution in [2.24, 2.45) is 0 Å². The average Bonchev–Trinajstić information content (AvgIpc) is 3.70. The van der Waals surface area contributed by atoms with Crippen LogP contribution in [0.1, 0.15) is 5.56 Å². The van der Waals surface area contributed by atoms with Crippen LogP contribution in [0.3, 0.4) is 0 Å². The van der Waals surface area contributed by atoms with Crippen molar-refractivity contribution in [1.29, 1.82) is 5.26 Å². The van der Waals surface area contributed by atoms with Gasteiger partial charge in [-0.15, -0.1) is 0 Å². The van der Waals surface area contributed by atoms with E-state index in [4.69, 9.17) is 4.98 Å². The highest BCUT2D eigenvalue weighted by Gasteiger charge is 2.22. The Morgan fingerprint density at radius 3 is 1.74 bits per heavy atom. The van der Waals surface area contributed by atoms with Gasteiger partial charge in [-0.05, 0) is 65.2 Å². The van der Waals surface area contributed by atoms with Crippen molar-refractivity contribution in [3.63, 3.8) is 0 Å². The first-order valence-electron chi connectivity index (χ1n) is 16.8. The van der Waals surface area contributed by atoms with Crippen molar-refractivity contribution in [1.82, 2.24) is 14.1 Å². The normalized spacial score (nSPS) is 11.6. The number of rotatable bonds is 4. The van der Waals surface area contributed by atoms with Gasteiger partial charge in [0.05, 0.1) is 33.1 Å². The molecule has 0 fully saturated rings. The predicted octanol–water partition coefficient (Wildman–Crippen LogP) is 11.6. The van der Waals surface area contributed by atoms with Crippen LogP contribution in [0.5, 0.6) is 0 Å². The fourth-order valence-corrected chi connectivity index (χ4v) is 7.74. The van der Waals surface area contributed by atoms with E-state index in [1.54, 1.807) is 0 Å². The summed E-state index contributed by atoms with van der Waals surface area (Å²) in [7, 11) is 0. The highest BCUT2D eigenvalue weighted by molar-refractivity contribution is 6.13. The van der Waals surface area contributed by atoms with E-state index in [-0.39, 0.29) is 0 Å². The van der Waals surface area contributed by atoms with E-state index < -0.39 is 0 Å². The first-order chi connectivity index (χ1) is 24.8. The van der Waals surface area contributed by atoms with Crippen molar-refractivity contribution in [2.75, 3.05) is 0 Å². The zero-order valence-corrected chi connectivity index (χ0v) is 27.0. The molecule has 3 heterocycles. The molecular formula is C46H28N4. The minimum absolute atomic E-state index is 0.626. The topological polar surface area (TPSA) is 46.5 Å². The van der Waals surface area contributed by atoms with Crippen LogP contribution in [0.4, 0.5) is 0 Å². The van der Waals surface area contributed by atoms with Gasteiger partial charge in [-0.3, -0.25) is 4.57 Å². The Balaban J connectivity index is 1.24. The molecule has 7 aromatic carbocycles. The molecule has 0 saturated carbocycles. The Morgan fingerprint density at radius 1 is 0.420 bits per heavy atom. The Kier molecular flexibility index (Phi) is 6.21. The molecule has 3 aromatic heterocycles. The first kappa shape index (κ1) is 28.1. The third kappa shape index (κ3) is 4.14. The summed E-state index contributed by atoms with van der Waals surface area (Å²) in [6, 6.07) is 61.9. The van der Waals surface area contributed by atoms with E-state index >= 15 is 0 Å². The summed E-state index contributed by atoms with van der Waals surface area (Å²) in [4.78, 5) is 5.29. The molecule has 0 aliphatic carbocycles. The zero-order chi connectivity index (χ0) is 33.2. The fourth-order valence-electron chi connectivity index (χ4n) is 7.74. The number of aromatic nitrogens is 3. The standard InChI is InChI=1S/C46H28N4/c47-29-39-34-17-7-10-20-40(34)48-46(45(39)30-13-3-1-4-14-30)50-42-22-12-9-19-36(42)38-27-31(24-26-43(38)50)32-23-25-37-35-18-8-11-21-41(35)49(44(37)28-32)33-15-5-2-6-16-33/h1-28H. The maximum absolute atomic E-state index is 10.6. The number of hydrogen-bond acceptors (Lipinski definition) is 2. The van der Waals surface area contributed by atoms with Crippen LogP contribution in [-0.4, -0.2) is 14.1 Å². The zero-order valence-electron chi connectivity index (χ0n) is 27.0. The van der Waals surface area contributed by atoms with Crippen molar-refractivity contribution >= 4 is 54.5 Å². The maximum atomic E-state index is 10.6. The van der Waals surface area contributed by atoms with Gasteiger partial charge >= 0.3 is 0 Å². The number of pyridine rings is 1. The molecule has 232 valence electrons. The van der Waals surface area contributed by atoms with Gasteiger partial charge in [0.1, 0.15) is 11.9 Å². The fraction of sp³-hybridized carbons (Fsp3) is 0. The molecule has 50 heavy (non-hydrogen) atoms. The van der Waals surface area contributed by atoms with Gasteiger partial charge in [0.25, 0.3) is 0 Å². The molecule has 0 saturated heterocycles. The molecule has 0 spiro atoms. The van der Waals surface area contributed by atoms with Crippen molar-refractivity contribution in [2.45, 2.75) is 0 Å². The Bertz CT molecular complexity index is 2980. The molecule has 0 bridgehead atoms. The Hall–Kier alpha value is -6.96. The second-order valence-corrected chi connectivity index (χ2v) is 12.7. The van der Waals surface area contributed by atoms with Crippen LogP contribution in [0.15, 0.2) is 170 Å². The number of nitriles is 1. The molecule has 0 N–H and O–H groups in total. The smallest absolute Gasteiger partial charge is 0.147 e. The largest absolute Gasteiger partial charge is 0.309 e. The molecule has 4 heteroatoms. The average molecular weight is 637 g/mol. The summed E-state index contributed by atoms with van der Waals surface area (Å²) in [5, 5.41) is 16.2. The lowest BCUT2D eigenvalue weighted by Gasteiger charge is -2.16. The van der Waals surface area contributed by atoms with E-state index in [1.807, 2.05) is 42.5 Å². The van der Waals surface area contributed by atoms with Gasteiger partial charge in [0.15, 0.2) is 0 Å². The summed E-state index contributed by atoms with van der Waals surface area (Å²) in [6.07, 6.45) is 0. The highest BCUT2D eigenvalue weighted by atomic mass is 15.1. The maximum Gasteiger partial charge on any atom is 0.147 e. The van der Waals surface area contributed by atoms with E-state index in [9.17, 15) is 5.26 Å². The van der Waals surface area contributed by atoms with E-state index in [1.165, 1.54) is 21.8 Å². The molecule has 0 atom stereocenters. The summed E-state index contributed by atoms with van der Waals surface area (Å²) in [5.41, 5.74) is 11.1. The second-order valence-electron chi connectivity index (χ2n) is 12.7. The molecule has 0 aliphatic rings. The third-order valence-corrected chi connectivity index (χ3v) is 9.95. The Labute approximate surface area is 288 Å². The lowest BCUT2D eigenvalue weighted by Crippen LogP contribution is -2.04. The van der Waals surface area contributed by atoms with E-state index in [0.717, 1.165) is 66.5 Å². The predicted molar refractivity (Wildman–Crippen MR) is 206 cm³/mol. The summed E-state index contributed by atoms with van der Waals surface area (Å²) in [6.45, 7) is 0. The van der Waals surface area contributed by atoms with Crippen LogP contribution < -0.4 is 0 Å². The number of hydrogen-bond donors (Lipinski definition) is 0. The first-order valence-corrected chi connectivity index (χ1v) is 16.8. The van der Waals surface area contributed by atoms with Crippen LogP contribution in [0.2, 0.25) is 0 Å². The highest BCUT2D eigenvalue weighted by Crippen LogP contribution is 2.41. The van der Waals surface area contributed by atoms with Gasteiger partial charge in [-0.2, -0.15) is 5.26 Å². The molecule has 10 rings (SSSR count). The number of benzene rings is 7. The van der Waals surface area contributed by atoms with Crippen molar-refractivity contribution in [3.8, 4) is 39.8 Å². The minimum Gasteiger partial charge on any atom is -0.309 e. The molecule has 0 amide bonds. The monoisotopic (exact) mass is 636 g/mol. The minimum atomic E-state index is 0.626. The molecule has 0 aliphatic heterocycles. The van der Waals surface area contributed by atoms with Gasteiger partial charge in [0.2, 0.25) is 0 Å². The van der Waals surface area contributed by atoms with Crippen LogP contribution in [0, 0.1) is 11.3 Å². The van der Waals surface area contributed by atoms with Crippen molar-refractivity contribution < 1.29 is 0 Å². The summed E-state index contributed by atoms with van der Waals surface area (Å²) in [5.74, 6) is 0.749. The molecule has 0 radical (unpaired) electrons. The molecule has 10 aromatic rings. The van der Waals surface area contributed by atoms with Gasteiger partial charge < -0.3 is 4.57 Å². The lowest BCUT2D eigenvalue weighted by molar-refractivity contribution is 1.10. The summed E-state index contributed by atoms with van der Waals surface area (Å²) < 4.78 is 4.60. The van der Waals surface area contributed by atoms with Crippen molar-refractivity contribution in [3.05, 3.63) is 175 Å². The van der Waals surface area contributed by atoms with Crippen LogP contribution in [0.25, 0.3) is 88.3 Å². The number of nitrogens with zero attached hydrogens (tertiary/aromatic N) is 4. The van der Waals surface area contributed by atoms with E-state index in [0.29, 0.717) is 5.56 Å². The van der Waals surface area contributed by atoms with Gasteiger partial charge in [-0.1, -0.05) is 121 Å². The lowest BCUT2D eigenvalue weighted by atomic mass is 9.97. The second kappa shape index (κ2) is 11.1. The van der Waals surface area contributed by atoms with Gasteiger partial charge in [-0.25, -0.2) is 4.98 Å².